The fourth-order valence-corrected chi connectivity index (χ4v) is 1.48. The molecule has 0 aliphatic rings. The van der Waals surface area contributed by atoms with Crippen molar-refractivity contribution in [3.05, 3.63) is 53.6 Å². The molecular formula is C12H8F4N2. The van der Waals surface area contributed by atoms with E-state index in [1.807, 2.05) is 0 Å². The molecule has 18 heavy (non-hydrogen) atoms. The van der Waals surface area contributed by atoms with Crippen LogP contribution >= 0.6 is 0 Å². The van der Waals surface area contributed by atoms with Crippen molar-refractivity contribution in [2.24, 2.45) is 0 Å². The molecule has 2 aromatic carbocycles. The SMILES string of the molecule is Nc1cc(F)c(Nc2cc(F)cc(F)c2)c(F)c1. The quantitative estimate of drug-likeness (QED) is 0.636. The Morgan fingerprint density at radius 1 is 0.778 bits per heavy atom. The lowest BCUT2D eigenvalue weighted by Crippen LogP contribution is -2.00. The molecule has 2 nitrogen and oxygen atoms in total. The average Bonchev–Trinajstić information content (AvgIpc) is 2.22. The minimum Gasteiger partial charge on any atom is -0.399 e. The third-order valence-corrected chi connectivity index (χ3v) is 2.20. The molecule has 0 aliphatic carbocycles. The molecule has 0 atom stereocenters. The number of nitrogen functional groups attached to an aromatic ring is 1. The van der Waals surface area contributed by atoms with E-state index in [0.717, 1.165) is 24.3 Å². The fourth-order valence-electron chi connectivity index (χ4n) is 1.48. The van der Waals surface area contributed by atoms with Gasteiger partial charge in [0.25, 0.3) is 0 Å². The summed E-state index contributed by atoms with van der Waals surface area (Å²) in [4.78, 5) is 0. The maximum Gasteiger partial charge on any atom is 0.151 e. The van der Waals surface area contributed by atoms with Gasteiger partial charge in [0, 0.05) is 17.4 Å². The van der Waals surface area contributed by atoms with Crippen LogP contribution in [0.3, 0.4) is 0 Å². The van der Waals surface area contributed by atoms with Gasteiger partial charge in [0.15, 0.2) is 11.6 Å². The van der Waals surface area contributed by atoms with Gasteiger partial charge in [-0.3, -0.25) is 0 Å². The lowest BCUT2D eigenvalue weighted by atomic mass is 10.2. The predicted molar refractivity (Wildman–Crippen MR) is 60.4 cm³/mol. The van der Waals surface area contributed by atoms with E-state index in [4.69, 9.17) is 5.73 Å². The van der Waals surface area contributed by atoms with E-state index in [1.54, 1.807) is 0 Å². The highest BCUT2D eigenvalue weighted by molar-refractivity contribution is 5.63. The van der Waals surface area contributed by atoms with Crippen molar-refractivity contribution in [3.63, 3.8) is 0 Å². The molecule has 0 spiro atoms. The van der Waals surface area contributed by atoms with Crippen LogP contribution in [-0.2, 0) is 0 Å². The molecule has 0 aromatic heterocycles. The zero-order valence-electron chi connectivity index (χ0n) is 8.98. The Morgan fingerprint density at radius 3 is 1.78 bits per heavy atom. The largest absolute Gasteiger partial charge is 0.399 e. The molecule has 94 valence electrons. The van der Waals surface area contributed by atoms with Crippen LogP contribution < -0.4 is 11.1 Å². The second kappa shape index (κ2) is 4.56. The number of anilines is 3. The highest BCUT2D eigenvalue weighted by Gasteiger charge is 2.11. The van der Waals surface area contributed by atoms with Gasteiger partial charge in [0.2, 0.25) is 0 Å². The molecule has 0 fully saturated rings. The summed E-state index contributed by atoms with van der Waals surface area (Å²) >= 11 is 0. The summed E-state index contributed by atoms with van der Waals surface area (Å²) in [5.74, 6) is -3.60. The molecule has 2 rings (SSSR count). The van der Waals surface area contributed by atoms with Crippen LogP contribution in [0.1, 0.15) is 0 Å². The van der Waals surface area contributed by atoms with Gasteiger partial charge in [-0.25, -0.2) is 17.6 Å². The first-order chi connectivity index (χ1) is 8.45. The first kappa shape index (κ1) is 12.2. The number of rotatable bonds is 2. The van der Waals surface area contributed by atoms with Crippen molar-refractivity contribution < 1.29 is 17.6 Å². The summed E-state index contributed by atoms with van der Waals surface area (Å²) in [6.07, 6.45) is 0. The standard InChI is InChI=1S/C12H8F4N2/c13-6-1-7(14)3-9(2-6)18-12-10(15)4-8(17)5-11(12)16/h1-5,18H,17H2. The Balaban J connectivity index is 2.40. The third kappa shape index (κ3) is 2.53. The minimum absolute atomic E-state index is 0.0824. The second-order valence-electron chi connectivity index (χ2n) is 3.64. The second-order valence-corrected chi connectivity index (χ2v) is 3.64. The number of nitrogens with one attached hydrogen (secondary N) is 1. The van der Waals surface area contributed by atoms with Gasteiger partial charge in [-0.1, -0.05) is 0 Å². The maximum absolute atomic E-state index is 13.4. The Morgan fingerprint density at radius 2 is 1.28 bits per heavy atom. The summed E-state index contributed by atoms with van der Waals surface area (Å²) in [6, 6.07) is 4.29. The van der Waals surface area contributed by atoms with Crippen LogP contribution in [0.4, 0.5) is 34.6 Å². The van der Waals surface area contributed by atoms with Gasteiger partial charge in [0.1, 0.15) is 17.3 Å². The van der Waals surface area contributed by atoms with Gasteiger partial charge in [-0.2, -0.15) is 0 Å². The summed E-state index contributed by atoms with van der Waals surface area (Å²) in [5, 5.41) is 2.26. The van der Waals surface area contributed by atoms with Crippen LogP contribution in [0.15, 0.2) is 30.3 Å². The van der Waals surface area contributed by atoms with E-state index >= 15 is 0 Å². The molecule has 3 N–H and O–H groups in total. The first-order valence-corrected chi connectivity index (χ1v) is 4.93. The molecular weight excluding hydrogens is 248 g/mol. The number of halogens is 4. The number of hydrogen-bond acceptors (Lipinski definition) is 2. The van der Waals surface area contributed by atoms with Crippen molar-refractivity contribution in [2.75, 3.05) is 11.1 Å². The van der Waals surface area contributed by atoms with Crippen LogP contribution in [0.25, 0.3) is 0 Å². The van der Waals surface area contributed by atoms with E-state index in [9.17, 15) is 17.6 Å². The van der Waals surface area contributed by atoms with Crippen LogP contribution in [0.5, 0.6) is 0 Å². The minimum atomic E-state index is -0.947. The molecule has 0 unspecified atom stereocenters. The summed E-state index contributed by atoms with van der Waals surface area (Å²) in [6.45, 7) is 0. The zero-order valence-corrected chi connectivity index (χ0v) is 8.98. The molecule has 2 aromatic rings. The normalized spacial score (nSPS) is 10.4. The number of benzene rings is 2. The Hall–Kier alpha value is -2.24. The lowest BCUT2D eigenvalue weighted by molar-refractivity contribution is 0.582. The fraction of sp³-hybridized carbons (Fsp3) is 0. The molecule has 0 amide bonds. The molecule has 0 radical (unpaired) electrons. The number of hydrogen-bond donors (Lipinski definition) is 2. The summed E-state index contributed by atoms with van der Waals surface area (Å²) in [7, 11) is 0. The van der Waals surface area contributed by atoms with Gasteiger partial charge >= 0.3 is 0 Å². The highest BCUT2D eigenvalue weighted by Crippen LogP contribution is 2.26. The van der Waals surface area contributed by atoms with E-state index in [1.165, 1.54) is 0 Å². The van der Waals surface area contributed by atoms with Crippen molar-refractivity contribution in [2.45, 2.75) is 0 Å². The Kier molecular flexibility index (Phi) is 3.10. The van der Waals surface area contributed by atoms with Crippen molar-refractivity contribution in [1.29, 1.82) is 0 Å². The van der Waals surface area contributed by atoms with Crippen LogP contribution in [0.2, 0.25) is 0 Å². The molecule has 6 heteroatoms. The average molecular weight is 256 g/mol. The summed E-state index contributed by atoms with van der Waals surface area (Å²) < 4.78 is 52.7. The Labute approximate surface area is 100 Å². The van der Waals surface area contributed by atoms with E-state index in [-0.39, 0.29) is 11.4 Å². The predicted octanol–water partition coefficient (Wildman–Crippen LogP) is 3.57. The van der Waals surface area contributed by atoms with E-state index < -0.39 is 29.0 Å². The topological polar surface area (TPSA) is 38.0 Å². The highest BCUT2D eigenvalue weighted by atomic mass is 19.1. The molecule has 0 saturated heterocycles. The zero-order chi connectivity index (χ0) is 13.3. The molecule has 0 bridgehead atoms. The molecule has 0 heterocycles. The van der Waals surface area contributed by atoms with Gasteiger partial charge in [-0.05, 0) is 24.3 Å². The Bertz CT molecular complexity index is 555. The molecule has 0 aliphatic heterocycles. The molecule has 0 saturated carbocycles. The first-order valence-electron chi connectivity index (χ1n) is 4.93. The smallest absolute Gasteiger partial charge is 0.151 e. The lowest BCUT2D eigenvalue weighted by Gasteiger charge is -2.09. The summed E-state index contributed by atoms with van der Waals surface area (Å²) in [5.41, 5.74) is 4.54. The van der Waals surface area contributed by atoms with Gasteiger partial charge < -0.3 is 11.1 Å². The maximum atomic E-state index is 13.4. The monoisotopic (exact) mass is 256 g/mol. The van der Waals surface area contributed by atoms with Crippen LogP contribution in [0, 0.1) is 23.3 Å². The van der Waals surface area contributed by atoms with Crippen molar-refractivity contribution >= 4 is 17.1 Å². The number of nitrogens with two attached hydrogens (primary N) is 1. The van der Waals surface area contributed by atoms with Crippen molar-refractivity contribution in [3.8, 4) is 0 Å². The van der Waals surface area contributed by atoms with Gasteiger partial charge in [-0.15, -0.1) is 0 Å². The van der Waals surface area contributed by atoms with Crippen LogP contribution in [-0.4, -0.2) is 0 Å². The van der Waals surface area contributed by atoms with Crippen molar-refractivity contribution in [1.82, 2.24) is 0 Å². The van der Waals surface area contributed by atoms with Gasteiger partial charge in [0.05, 0.1) is 0 Å². The van der Waals surface area contributed by atoms with E-state index in [2.05, 4.69) is 5.32 Å². The third-order valence-electron chi connectivity index (χ3n) is 2.20. The van der Waals surface area contributed by atoms with E-state index in [0.29, 0.717) is 6.07 Å².